The summed E-state index contributed by atoms with van der Waals surface area (Å²) < 4.78 is 40.6. The van der Waals surface area contributed by atoms with Crippen molar-refractivity contribution < 1.29 is 22.7 Å². The number of anilines is 1. The van der Waals surface area contributed by atoms with Crippen LogP contribution < -0.4 is 15.4 Å². The quantitative estimate of drug-likeness (QED) is 0.851. The van der Waals surface area contributed by atoms with Gasteiger partial charge in [0, 0.05) is 12.5 Å². The van der Waals surface area contributed by atoms with Crippen molar-refractivity contribution in [2.75, 3.05) is 18.4 Å². The standard InChI is InChI=1S/C17H17F3N4O2/c18-17(19,20)26-13-3-1-2-11(8-13)9-16(25)22-15-5-4-14(23-24-15)12-6-7-21-10-12/h1-5,8,12,21H,6-7,9-10H2,(H,22,24,25). The molecule has 0 saturated carbocycles. The van der Waals surface area contributed by atoms with E-state index in [9.17, 15) is 18.0 Å². The summed E-state index contributed by atoms with van der Waals surface area (Å²) in [6.07, 6.45) is -3.88. The molecule has 3 rings (SSSR count). The van der Waals surface area contributed by atoms with Gasteiger partial charge in [-0.05, 0) is 42.8 Å². The van der Waals surface area contributed by atoms with Crippen LogP contribution in [0.1, 0.15) is 23.6 Å². The van der Waals surface area contributed by atoms with Crippen molar-refractivity contribution >= 4 is 11.7 Å². The second kappa shape index (κ2) is 7.69. The predicted octanol–water partition coefficient (Wildman–Crippen LogP) is 2.63. The Morgan fingerprint density at radius 2 is 2.12 bits per heavy atom. The van der Waals surface area contributed by atoms with Crippen LogP contribution in [0.3, 0.4) is 0 Å². The highest BCUT2D eigenvalue weighted by Gasteiger charge is 2.31. The van der Waals surface area contributed by atoms with Crippen LogP contribution in [-0.2, 0) is 11.2 Å². The zero-order valence-electron chi connectivity index (χ0n) is 13.7. The third-order valence-corrected chi connectivity index (χ3v) is 3.93. The van der Waals surface area contributed by atoms with E-state index >= 15 is 0 Å². The lowest BCUT2D eigenvalue weighted by atomic mass is 10.1. The number of carbonyl (C=O) groups is 1. The molecule has 6 nitrogen and oxygen atoms in total. The second-order valence-electron chi connectivity index (χ2n) is 5.95. The van der Waals surface area contributed by atoms with Gasteiger partial charge in [-0.3, -0.25) is 4.79 Å². The Morgan fingerprint density at radius 3 is 2.77 bits per heavy atom. The number of hydrogen-bond acceptors (Lipinski definition) is 5. The number of benzene rings is 1. The predicted molar refractivity (Wildman–Crippen MR) is 87.7 cm³/mol. The smallest absolute Gasteiger partial charge is 0.406 e. The van der Waals surface area contributed by atoms with E-state index in [0.717, 1.165) is 25.2 Å². The fourth-order valence-corrected chi connectivity index (χ4v) is 2.76. The van der Waals surface area contributed by atoms with Crippen molar-refractivity contribution in [3.8, 4) is 5.75 Å². The number of nitrogens with one attached hydrogen (secondary N) is 2. The molecule has 1 aliphatic rings. The summed E-state index contributed by atoms with van der Waals surface area (Å²) in [5, 5.41) is 13.9. The first-order valence-electron chi connectivity index (χ1n) is 8.08. The van der Waals surface area contributed by atoms with E-state index in [4.69, 9.17) is 0 Å². The molecular weight excluding hydrogens is 349 g/mol. The monoisotopic (exact) mass is 366 g/mol. The zero-order chi connectivity index (χ0) is 18.6. The molecule has 26 heavy (non-hydrogen) atoms. The SMILES string of the molecule is O=C(Cc1cccc(OC(F)(F)F)c1)Nc1ccc(C2CCNC2)nn1. The highest BCUT2D eigenvalue weighted by atomic mass is 19.4. The minimum atomic E-state index is -4.77. The van der Waals surface area contributed by atoms with Gasteiger partial charge in [-0.15, -0.1) is 18.3 Å². The lowest BCUT2D eigenvalue weighted by molar-refractivity contribution is -0.274. The average Bonchev–Trinajstić information content (AvgIpc) is 3.08. The van der Waals surface area contributed by atoms with Gasteiger partial charge in [-0.1, -0.05) is 12.1 Å². The second-order valence-corrected chi connectivity index (χ2v) is 5.95. The van der Waals surface area contributed by atoms with E-state index < -0.39 is 12.3 Å². The fraction of sp³-hybridized carbons (Fsp3) is 0.353. The Morgan fingerprint density at radius 1 is 1.27 bits per heavy atom. The summed E-state index contributed by atoms with van der Waals surface area (Å²) in [7, 11) is 0. The first-order chi connectivity index (χ1) is 12.4. The molecule has 1 saturated heterocycles. The van der Waals surface area contributed by atoms with Crippen LogP contribution in [0.15, 0.2) is 36.4 Å². The van der Waals surface area contributed by atoms with E-state index in [0.29, 0.717) is 17.3 Å². The number of amides is 1. The van der Waals surface area contributed by atoms with Crippen LogP contribution in [0, 0.1) is 0 Å². The Hall–Kier alpha value is -2.68. The van der Waals surface area contributed by atoms with Crippen molar-refractivity contribution in [1.29, 1.82) is 0 Å². The van der Waals surface area contributed by atoms with Crippen molar-refractivity contribution in [2.45, 2.75) is 25.1 Å². The average molecular weight is 366 g/mol. The number of rotatable bonds is 5. The summed E-state index contributed by atoms with van der Waals surface area (Å²) in [4.78, 5) is 12.1. The van der Waals surface area contributed by atoms with Crippen LogP contribution >= 0.6 is 0 Å². The van der Waals surface area contributed by atoms with Gasteiger partial charge < -0.3 is 15.4 Å². The van der Waals surface area contributed by atoms with E-state index in [1.807, 2.05) is 6.07 Å². The number of aromatic nitrogens is 2. The molecule has 9 heteroatoms. The van der Waals surface area contributed by atoms with Crippen molar-refractivity contribution in [3.63, 3.8) is 0 Å². The summed E-state index contributed by atoms with van der Waals surface area (Å²) in [6, 6.07) is 8.78. The molecule has 0 aliphatic carbocycles. The highest BCUT2D eigenvalue weighted by molar-refractivity contribution is 5.91. The maximum atomic E-state index is 12.2. The molecule has 138 valence electrons. The normalized spacial score (nSPS) is 17.1. The summed E-state index contributed by atoms with van der Waals surface area (Å²) in [5.74, 6) is -0.146. The first-order valence-corrected chi connectivity index (χ1v) is 8.08. The number of nitrogens with zero attached hydrogens (tertiary/aromatic N) is 2. The van der Waals surface area contributed by atoms with Crippen LogP contribution in [0.25, 0.3) is 0 Å². The minimum Gasteiger partial charge on any atom is -0.406 e. The van der Waals surface area contributed by atoms with Crippen molar-refractivity contribution in [3.05, 3.63) is 47.7 Å². The molecule has 0 radical (unpaired) electrons. The highest BCUT2D eigenvalue weighted by Crippen LogP contribution is 2.24. The molecule has 1 amide bonds. The van der Waals surface area contributed by atoms with E-state index in [1.54, 1.807) is 12.1 Å². The molecule has 1 aromatic carbocycles. The van der Waals surface area contributed by atoms with Gasteiger partial charge in [-0.2, -0.15) is 5.10 Å². The number of ether oxygens (including phenoxy) is 1. The summed E-state index contributed by atoms with van der Waals surface area (Å²) >= 11 is 0. The van der Waals surface area contributed by atoms with E-state index in [1.165, 1.54) is 18.2 Å². The fourth-order valence-electron chi connectivity index (χ4n) is 2.76. The summed E-state index contributed by atoms with van der Waals surface area (Å²) in [6.45, 7) is 1.80. The third-order valence-electron chi connectivity index (χ3n) is 3.93. The Balaban J connectivity index is 1.57. The molecule has 1 unspecified atom stereocenters. The molecule has 1 atom stereocenters. The lowest BCUT2D eigenvalue weighted by Crippen LogP contribution is -2.18. The topological polar surface area (TPSA) is 76.1 Å². The van der Waals surface area contributed by atoms with E-state index in [2.05, 4.69) is 25.6 Å². The molecule has 0 bridgehead atoms. The van der Waals surface area contributed by atoms with Gasteiger partial charge in [0.2, 0.25) is 5.91 Å². The lowest BCUT2D eigenvalue weighted by Gasteiger charge is -2.10. The maximum absolute atomic E-state index is 12.2. The Labute approximate surface area is 147 Å². The number of carbonyl (C=O) groups excluding carboxylic acids is 1. The number of hydrogen-bond donors (Lipinski definition) is 2. The van der Waals surface area contributed by atoms with Crippen LogP contribution in [-0.4, -0.2) is 35.6 Å². The van der Waals surface area contributed by atoms with Gasteiger partial charge >= 0.3 is 6.36 Å². The van der Waals surface area contributed by atoms with Crippen LogP contribution in [0.5, 0.6) is 5.75 Å². The Kier molecular flexibility index (Phi) is 5.36. The van der Waals surface area contributed by atoms with E-state index in [-0.39, 0.29) is 12.2 Å². The van der Waals surface area contributed by atoms with Gasteiger partial charge in [0.1, 0.15) is 5.75 Å². The molecule has 2 N–H and O–H groups in total. The van der Waals surface area contributed by atoms with Gasteiger partial charge in [0.25, 0.3) is 0 Å². The molecule has 1 aromatic heterocycles. The number of halogens is 3. The maximum Gasteiger partial charge on any atom is 0.573 e. The molecular formula is C17H17F3N4O2. The largest absolute Gasteiger partial charge is 0.573 e. The summed E-state index contributed by atoms with van der Waals surface area (Å²) in [5.41, 5.74) is 1.26. The third kappa shape index (κ3) is 5.16. The molecule has 1 aliphatic heterocycles. The molecule has 1 fully saturated rings. The molecule has 2 aromatic rings. The van der Waals surface area contributed by atoms with Crippen molar-refractivity contribution in [1.82, 2.24) is 15.5 Å². The first kappa shape index (κ1) is 18.1. The van der Waals surface area contributed by atoms with Gasteiger partial charge in [0.15, 0.2) is 5.82 Å². The molecule has 0 spiro atoms. The zero-order valence-corrected chi connectivity index (χ0v) is 13.7. The minimum absolute atomic E-state index is 0.106. The van der Waals surface area contributed by atoms with Crippen molar-refractivity contribution in [2.24, 2.45) is 0 Å². The van der Waals surface area contributed by atoms with Gasteiger partial charge in [-0.25, -0.2) is 0 Å². The Bertz CT molecular complexity index is 759. The molecule has 2 heterocycles. The van der Waals surface area contributed by atoms with Crippen LogP contribution in [0.4, 0.5) is 19.0 Å². The number of alkyl halides is 3. The van der Waals surface area contributed by atoms with Gasteiger partial charge in [0.05, 0.1) is 12.1 Å². The van der Waals surface area contributed by atoms with Crippen LogP contribution in [0.2, 0.25) is 0 Å².